The van der Waals surface area contributed by atoms with Crippen molar-refractivity contribution in [1.29, 1.82) is 0 Å². The van der Waals surface area contributed by atoms with E-state index in [1.165, 1.54) is 4.90 Å². The SMILES string of the molecule is CN(C(=O)NCc1ccc(Cc2c(-c3ccc(O)cc3)ccc3cc(O)ccc23)cc1)c1ccc(O)cc1. The normalized spacial score (nSPS) is 10.9. The van der Waals surface area contributed by atoms with Crippen LogP contribution >= 0.6 is 0 Å². The number of rotatable bonds is 6. The summed E-state index contributed by atoms with van der Waals surface area (Å²) < 4.78 is 0. The van der Waals surface area contributed by atoms with Crippen molar-refractivity contribution in [3.8, 4) is 28.4 Å². The summed E-state index contributed by atoms with van der Waals surface area (Å²) in [6.07, 6.45) is 0.675. The molecule has 0 aliphatic carbocycles. The molecule has 5 rings (SSSR count). The van der Waals surface area contributed by atoms with Crippen molar-refractivity contribution in [1.82, 2.24) is 5.32 Å². The number of benzene rings is 5. The van der Waals surface area contributed by atoms with E-state index in [1.807, 2.05) is 36.4 Å². The van der Waals surface area contributed by atoms with E-state index in [0.717, 1.165) is 38.6 Å². The topological polar surface area (TPSA) is 93.0 Å². The van der Waals surface area contributed by atoms with Crippen molar-refractivity contribution in [2.75, 3.05) is 11.9 Å². The number of phenolic OH excluding ortho intramolecular Hbond substituents is 3. The number of carbonyl (C=O) groups excluding carboxylic acids is 1. The van der Waals surface area contributed by atoms with Gasteiger partial charge in [0.05, 0.1) is 0 Å². The second-order valence-corrected chi connectivity index (χ2v) is 9.27. The van der Waals surface area contributed by atoms with Gasteiger partial charge < -0.3 is 20.6 Å². The molecular formula is C32H28N2O4. The van der Waals surface area contributed by atoms with E-state index >= 15 is 0 Å². The molecule has 0 heterocycles. The molecule has 5 aromatic carbocycles. The van der Waals surface area contributed by atoms with Crippen molar-refractivity contribution < 1.29 is 20.1 Å². The first-order valence-electron chi connectivity index (χ1n) is 12.3. The summed E-state index contributed by atoms with van der Waals surface area (Å²) >= 11 is 0. The smallest absolute Gasteiger partial charge is 0.321 e. The lowest BCUT2D eigenvalue weighted by Crippen LogP contribution is -2.36. The second kappa shape index (κ2) is 10.6. The number of hydrogen-bond acceptors (Lipinski definition) is 4. The first kappa shape index (κ1) is 24.7. The summed E-state index contributed by atoms with van der Waals surface area (Å²) in [5.41, 5.74) is 5.97. The van der Waals surface area contributed by atoms with Crippen molar-refractivity contribution in [3.63, 3.8) is 0 Å². The number of amides is 2. The molecule has 5 aromatic rings. The highest BCUT2D eigenvalue weighted by molar-refractivity contribution is 5.93. The van der Waals surface area contributed by atoms with Gasteiger partial charge in [-0.05, 0) is 93.5 Å². The lowest BCUT2D eigenvalue weighted by atomic mass is 9.90. The fraction of sp³-hybridized carbons (Fsp3) is 0.0938. The number of aromatic hydroxyl groups is 3. The van der Waals surface area contributed by atoms with Crippen LogP contribution in [0.15, 0.2) is 103 Å². The number of urea groups is 1. The Hall–Kier alpha value is -4.97. The van der Waals surface area contributed by atoms with Gasteiger partial charge in [-0.3, -0.25) is 4.90 Å². The third-order valence-electron chi connectivity index (χ3n) is 6.68. The average Bonchev–Trinajstić information content (AvgIpc) is 2.93. The second-order valence-electron chi connectivity index (χ2n) is 9.27. The van der Waals surface area contributed by atoms with E-state index in [2.05, 4.69) is 23.5 Å². The summed E-state index contributed by atoms with van der Waals surface area (Å²) in [7, 11) is 1.68. The van der Waals surface area contributed by atoms with Gasteiger partial charge in [0.25, 0.3) is 0 Å². The van der Waals surface area contributed by atoms with Crippen molar-refractivity contribution in [2.24, 2.45) is 0 Å². The molecule has 6 nitrogen and oxygen atoms in total. The number of nitrogens with one attached hydrogen (secondary N) is 1. The van der Waals surface area contributed by atoms with Crippen LogP contribution in [0.1, 0.15) is 16.7 Å². The van der Waals surface area contributed by atoms with E-state index in [1.54, 1.807) is 55.6 Å². The Morgan fingerprint density at radius 3 is 2.00 bits per heavy atom. The summed E-state index contributed by atoms with van der Waals surface area (Å²) in [6, 6.07) is 31.0. The van der Waals surface area contributed by atoms with Crippen LogP contribution < -0.4 is 10.2 Å². The molecule has 0 bridgehead atoms. The molecule has 0 aromatic heterocycles. The molecule has 0 radical (unpaired) electrons. The van der Waals surface area contributed by atoms with Crippen LogP contribution in [0.25, 0.3) is 21.9 Å². The first-order valence-corrected chi connectivity index (χ1v) is 12.3. The molecule has 0 saturated heterocycles. The molecular weight excluding hydrogens is 476 g/mol. The third-order valence-corrected chi connectivity index (χ3v) is 6.68. The minimum Gasteiger partial charge on any atom is -0.508 e. The quantitative estimate of drug-likeness (QED) is 0.211. The van der Waals surface area contributed by atoms with Gasteiger partial charge >= 0.3 is 6.03 Å². The number of phenols is 3. The molecule has 6 heteroatoms. The maximum Gasteiger partial charge on any atom is 0.321 e. The number of carbonyl (C=O) groups is 1. The van der Waals surface area contributed by atoms with Crippen molar-refractivity contribution in [2.45, 2.75) is 13.0 Å². The monoisotopic (exact) mass is 504 g/mol. The van der Waals surface area contributed by atoms with Crippen LogP contribution in [0.5, 0.6) is 17.2 Å². The standard InChI is InChI=1S/C32H28N2O4/c1-34(25-9-13-27(36)14-10-25)32(38)33-20-22-4-2-21(3-5-22)18-31-29(23-6-11-26(35)12-7-23)16-8-24-19-28(37)15-17-30(24)31/h2-17,19,35-37H,18,20H2,1H3,(H,33,38). The lowest BCUT2D eigenvalue weighted by Gasteiger charge is -2.18. The number of nitrogens with zero attached hydrogens (tertiary/aromatic N) is 1. The van der Waals surface area contributed by atoms with Gasteiger partial charge in [-0.2, -0.15) is 0 Å². The number of anilines is 1. The molecule has 0 unspecified atom stereocenters. The minimum absolute atomic E-state index is 0.152. The van der Waals surface area contributed by atoms with Crippen LogP contribution in [-0.2, 0) is 13.0 Å². The third kappa shape index (κ3) is 5.39. The van der Waals surface area contributed by atoms with E-state index in [9.17, 15) is 20.1 Å². The maximum absolute atomic E-state index is 12.6. The Morgan fingerprint density at radius 1 is 0.711 bits per heavy atom. The van der Waals surface area contributed by atoms with Gasteiger partial charge in [0, 0.05) is 19.3 Å². The predicted molar refractivity (Wildman–Crippen MR) is 151 cm³/mol. The Balaban J connectivity index is 1.34. The highest BCUT2D eigenvalue weighted by Gasteiger charge is 2.13. The first-order chi connectivity index (χ1) is 18.4. The van der Waals surface area contributed by atoms with Crippen LogP contribution in [0.3, 0.4) is 0 Å². The van der Waals surface area contributed by atoms with Crippen molar-refractivity contribution in [3.05, 3.63) is 120 Å². The maximum atomic E-state index is 12.6. The fourth-order valence-corrected chi connectivity index (χ4v) is 4.55. The molecule has 0 fully saturated rings. The molecule has 190 valence electrons. The highest BCUT2D eigenvalue weighted by atomic mass is 16.3. The zero-order valence-electron chi connectivity index (χ0n) is 20.9. The Bertz CT molecular complexity index is 1580. The number of fused-ring (bicyclic) bond motifs is 1. The van der Waals surface area contributed by atoms with Gasteiger partial charge in [0.15, 0.2) is 0 Å². The largest absolute Gasteiger partial charge is 0.508 e. The molecule has 38 heavy (non-hydrogen) atoms. The van der Waals surface area contributed by atoms with Gasteiger partial charge in [0.2, 0.25) is 0 Å². The van der Waals surface area contributed by atoms with E-state index < -0.39 is 0 Å². The lowest BCUT2D eigenvalue weighted by molar-refractivity contribution is 0.247. The zero-order chi connectivity index (χ0) is 26.6. The van der Waals surface area contributed by atoms with Gasteiger partial charge in [0.1, 0.15) is 17.2 Å². The summed E-state index contributed by atoms with van der Waals surface area (Å²) in [5, 5.41) is 34.1. The van der Waals surface area contributed by atoms with Crippen molar-refractivity contribution >= 4 is 22.5 Å². The van der Waals surface area contributed by atoms with E-state index in [-0.39, 0.29) is 23.3 Å². The molecule has 0 aliphatic rings. The van der Waals surface area contributed by atoms with Crippen LogP contribution in [-0.4, -0.2) is 28.4 Å². The minimum atomic E-state index is -0.239. The Kier molecular flexibility index (Phi) is 6.87. The van der Waals surface area contributed by atoms with E-state index in [0.29, 0.717) is 18.7 Å². The van der Waals surface area contributed by atoms with Gasteiger partial charge in [-0.15, -0.1) is 0 Å². The van der Waals surface area contributed by atoms with Crippen LogP contribution in [0.2, 0.25) is 0 Å². The Morgan fingerprint density at radius 2 is 1.32 bits per heavy atom. The summed E-state index contributed by atoms with van der Waals surface area (Å²) in [4.78, 5) is 14.1. The van der Waals surface area contributed by atoms with Crippen LogP contribution in [0, 0.1) is 0 Å². The van der Waals surface area contributed by atoms with Crippen LogP contribution in [0.4, 0.5) is 10.5 Å². The molecule has 0 spiro atoms. The van der Waals surface area contributed by atoms with Gasteiger partial charge in [-0.1, -0.05) is 54.6 Å². The number of hydrogen-bond donors (Lipinski definition) is 4. The van der Waals surface area contributed by atoms with Gasteiger partial charge in [-0.25, -0.2) is 4.79 Å². The molecule has 0 atom stereocenters. The average molecular weight is 505 g/mol. The molecule has 0 saturated carbocycles. The molecule has 2 amide bonds. The fourth-order valence-electron chi connectivity index (χ4n) is 4.55. The molecule has 0 aliphatic heterocycles. The van der Waals surface area contributed by atoms with E-state index in [4.69, 9.17) is 0 Å². The Labute approximate surface area is 221 Å². The highest BCUT2D eigenvalue weighted by Crippen LogP contribution is 2.34. The predicted octanol–water partition coefficient (Wildman–Crippen LogP) is 6.56. The summed E-state index contributed by atoms with van der Waals surface area (Å²) in [5.74, 6) is 0.598. The zero-order valence-corrected chi connectivity index (χ0v) is 20.9. The molecule has 4 N–H and O–H groups in total. The summed E-state index contributed by atoms with van der Waals surface area (Å²) in [6.45, 7) is 0.383.